The zero-order chi connectivity index (χ0) is 13.7. The third kappa shape index (κ3) is 3.78. The second kappa shape index (κ2) is 7.04. The highest BCUT2D eigenvalue weighted by atomic mass is 16.5. The summed E-state index contributed by atoms with van der Waals surface area (Å²) in [6.45, 7) is 8.47. The molecule has 1 fully saturated rings. The van der Waals surface area contributed by atoms with Gasteiger partial charge in [0.15, 0.2) is 0 Å². The normalized spacial score (nSPS) is 22.4. The third-order valence-electron chi connectivity index (χ3n) is 3.80. The molecule has 0 bridgehead atoms. The molecule has 3 nitrogen and oxygen atoms in total. The first-order chi connectivity index (χ1) is 9.24. The van der Waals surface area contributed by atoms with Crippen molar-refractivity contribution in [3.8, 4) is 0 Å². The van der Waals surface area contributed by atoms with Crippen molar-refractivity contribution in [3.05, 3.63) is 35.4 Å². The highest BCUT2D eigenvalue weighted by Crippen LogP contribution is 2.23. The number of hydrogen-bond donors (Lipinski definition) is 1. The molecule has 1 N–H and O–H groups in total. The number of nitrogens with zero attached hydrogens (tertiary/aromatic N) is 1. The molecule has 1 aliphatic heterocycles. The van der Waals surface area contributed by atoms with Gasteiger partial charge < -0.3 is 10.1 Å². The van der Waals surface area contributed by atoms with Gasteiger partial charge in [0.1, 0.15) is 0 Å². The Balaban J connectivity index is 2.08. The molecular formula is C16H26N2O. The van der Waals surface area contributed by atoms with E-state index in [1.165, 1.54) is 24.1 Å². The molecule has 106 valence electrons. The first-order valence-electron chi connectivity index (χ1n) is 7.32. The Morgan fingerprint density at radius 2 is 2.32 bits per heavy atom. The average molecular weight is 262 g/mol. The lowest BCUT2D eigenvalue weighted by Gasteiger charge is -2.37. The molecule has 1 aliphatic rings. The number of benzene rings is 1. The summed E-state index contributed by atoms with van der Waals surface area (Å²) in [5.41, 5.74) is 2.63. The molecule has 1 aromatic rings. The fourth-order valence-electron chi connectivity index (χ4n) is 2.88. The maximum absolute atomic E-state index is 6.00. The van der Waals surface area contributed by atoms with Crippen LogP contribution in [0.25, 0.3) is 0 Å². The van der Waals surface area contributed by atoms with Crippen LogP contribution in [0.2, 0.25) is 0 Å². The summed E-state index contributed by atoms with van der Waals surface area (Å²) in [7, 11) is 2.02. The molecule has 2 unspecified atom stereocenters. The van der Waals surface area contributed by atoms with Gasteiger partial charge in [-0.15, -0.1) is 0 Å². The van der Waals surface area contributed by atoms with Crippen LogP contribution in [0.15, 0.2) is 24.3 Å². The Morgan fingerprint density at radius 3 is 3.00 bits per heavy atom. The molecule has 0 radical (unpaired) electrons. The van der Waals surface area contributed by atoms with E-state index < -0.39 is 0 Å². The van der Waals surface area contributed by atoms with Crippen molar-refractivity contribution in [2.75, 3.05) is 33.3 Å². The van der Waals surface area contributed by atoms with Gasteiger partial charge in [0.05, 0.1) is 18.8 Å². The van der Waals surface area contributed by atoms with Crippen LogP contribution in [0.5, 0.6) is 0 Å². The Hall–Kier alpha value is -0.900. The van der Waals surface area contributed by atoms with E-state index >= 15 is 0 Å². The van der Waals surface area contributed by atoms with Crippen molar-refractivity contribution < 1.29 is 4.74 Å². The number of rotatable bonds is 5. The molecule has 0 amide bonds. The summed E-state index contributed by atoms with van der Waals surface area (Å²) < 4.78 is 6.00. The zero-order valence-electron chi connectivity index (χ0n) is 12.4. The minimum atomic E-state index is 0.243. The van der Waals surface area contributed by atoms with Crippen molar-refractivity contribution in [2.24, 2.45) is 0 Å². The van der Waals surface area contributed by atoms with Crippen molar-refractivity contribution >= 4 is 0 Å². The highest BCUT2D eigenvalue weighted by molar-refractivity contribution is 5.26. The van der Waals surface area contributed by atoms with Crippen LogP contribution < -0.4 is 5.32 Å². The lowest BCUT2D eigenvalue weighted by molar-refractivity contribution is -0.0459. The highest BCUT2D eigenvalue weighted by Gasteiger charge is 2.27. The Morgan fingerprint density at radius 1 is 1.47 bits per heavy atom. The molecule has 2 rings (SSSR count). The number of aryl methyl sites for hydroxylation is 1. The quantitative estimate of drug-likeness (QED) is 0.881. The number of ether oxygens (including phenoxy) is 1. The van der Waals surface area contributed by atoms with Gasteiger partial charge in [-0.1, -0.05) is 36.8 Å². The van der Waals surface area contributed by atoms with Crippen LogP contribution in [0.4, 0.5) is 0 Å². The van der Waals surface area contributed by atoms with Gasteiger partial charge in [-0.2, -0.15) is 0 Å². The number of hydrogen-bond acceptors (Lipinski definition) is 3. The van der Waals surface area contributed by atoms with E-state index in [0.29, 0.717) is 0 Å². The van der Waals surface area contributed by atoms with Gasteiger partial charge in [0.2, 0.25) is 0 Å². The lowest BCUT2D eigenvalue weighted by atomic mass is 9.98. The fourth-order valence-corrected chi connectivity index (χ4v) is 2.88. The standard InChI is InChI=1S/C16H26N2O/c1-4-8-18-9-10-19-15(12-18)16(17-3)14-7-5-6-13(2)11-14/h5-7,11,15-17H,4,8-10,12H2,1-3H3. The van der Waals surface area contributed by atoms with Gasteiger partial charge in [-0.25, -0.2) is 0 Å². The Kier molecular flexibility index (Phi) is 5.37. The van der Waals surface area contributed by atoms with Gasteiger partial charge >= 0.3 is 0 Å². The Bertz CT molecular complexity index is 392. The largest absolute Gasteiger partial charge is 0.374 e. The minimum absolute atomic E-state index is 0.243. The monoisotopic (exact) mass is 262 g/mol. The fraction of sp³-hybridized carbons (Fsp3) is 0.625. The molecule has 3 heteroatoms. The predicted molar refractivity (Wildman–Crippen MR) is 79.5 cm³/mol. The SMILES string of the molecule is CCCN1CCOC(C(NC)c2cccc(C)c2)C1. The van der Waals surface area contributed by atoms with Crippen molar-refractivity contribution in [2.45, 2.75) is 32.4 Å². The topological polar surface area (TPSA) is 24.5 Å². The molecular weight excluding hydrogens is 236 g/mol. The number of likely N-dealkylation sites (N-methyl/N-ethyl adjacent to an activating group) is 1. The van der Waals surface area contributed by atoms with Crippen LogP contribution in [-0.4, -0.2) is 44.3 Å². The maximum atomic E-state index is 6.00. The van der Waals surface area contributed by atoms with E-state index in [4.69, 9.17) is 4.74 Å². The lowest BCUT2D eigenvalue weighted by Crippen LogP contribution is -2.47. The van der Waals surface area contributed by atoms with Crippen LogP contribution in [-0.2, 0) is 4.74 Å². The predicted octanol–water partition coefficient (Wildman–Crippen LogP) is 2.37. The summed E-state index contributed by atoms with van der Waals surface area (Å²) in [6, 6.07) is 8.99. The molecule has 0 aliphatic carbocycles. The smallest absolute Gasteiger partial charge is 0.0896 e. The molecule has 0 saturated carbocycles. The van der Waals surface area contributed by atoms with Gasteiger partial charge in [0.25, 0.3) is 0 Å². The van der Waals surface area contributed by atoms with Gasteiger partial charge in [-0.05, 0) is 32.5 Å². The van der Waals surface area contributed by atoms with Crippen molar-refractivity contribution in [1.29, 1.82) is 0 Å². The minimum Gasteiger partial charge on any atom is -0.374 e. The van der Waals surface area contributed by atoms with Crippen LogP contribution in [0, 0.1) is 6.92 Å². The van der Waals surface area contributed by atoms with Crippen molar-refractivity contribution in [3.63, 3.8) is 0 Å². The molecule has 1 heterocycles. The first-order valence-corrected chi connectivity index (χ1v) is 7.32. The van der Waals surface area contributed by atoms with Crippen LogP contribution >= 0.6 is 0 Å². The molecule has 19 heavy (non-hydrogen) atoms. The van der Waals surface area contributed by atoms with E-state index in [1.807, 2.05) is 7.05 Å². The average Bonchev–Trinajstić information content (AvgIpc) is 2.41. The van der Waals surface area contributed by atoms with Gasteiger partial charge in [0, 0.05) is 13.1 Å². The van der Waals surface area contributed by atoms with Crippen LogP contribution in [0.3, 0.4) is 0 Å². The number of nitrogens with one attached hydrogen (secondary N) is 1. The molecule has 0 aromatic heterocycles. The van der Waals surface area contributed by atoms with E-state index in [0.717, 1.165) is 19.7 Å². The van der Waals surface area contributed by atoms with E-state index in [-0.39, 0.29) is 12.1 Å². The Labute approximate surface area is 116 Å². The second-order valence-electron chi connectivity index (χ2n) is 5.39. The van der Waals surface area contributed by atoms with E-state index in [1.54, 1.807) is 0 Å². The molecule has 2 atom stereocenters. The maximum Gasteiger partial charge on any atom is 0.0896 e. The second-order valence-corrected chi connectivity index (χ2v) is 5.39. The summed E-state index contributed by atoms with van der Waals surface area (Å²) in [5, 5.41) is 3.43. The third-order valence-corrected chi connectivity index (χ3v) is 3.80. The van der Waals surface area contributed by atoms with Crippen molar-refractivity contribution in [1.82, 2.24) is 10.2 Å². The van der Waals surface area contributed by atoms with Gasteiger partial charge in [-0.3, -0.25) is 4.90 Å². The molecule has 1 aromatic carbocycles. The zero-order valence-corrected chi connectivity index (χ0v) is 12.4. The number of morpholine rings is 1. The summed E-state index contributed by atoms with van der Waals surface area (Å²) >= 11 is 0. The molecule has 0 spiro atoms. The first kappa shape index (κ1) is 14.5. The van der Waals surface area contributed by atoms with E-state index in [2.05, 4.69) is 48.3 Å². The summed E-state index contributed by atoms with van der Waals surface area (Å²) in [6.07, 6.45) is 1.45. The molecule has 1 saturated heterocycles. The summed E-state index contributed by atoms with van der Waals surface area (Å²) in [4.78, 5) is 2.51. The van der Waals surface area contributed by atoms with Crippen LogP contribution in [0.1, 0.15) is 30.5 Å². The van der Waals surface area contributed by atoms with E-state index in [9.17, 15) is 0 Å². The summed E-state index contributed by atoms with van der Waals surface area (Å²) in [5.74, 6) is 0.